The number of imidazole rings is 1. The summed E-state index contributed by atoms with van der Waals surface area (Å²) in [5.41, 5.74) is 1.20. The average molecular weight is 349 g/mol. The van der Waals surface area contributed by atoms with Gasteiger partial charge in [0.05, 0.1) is 16.5 Å². The maximum absolute atomic E-state index is 5.25. The van der Waals surface area contributed by atoms with E-state index in [4.69, 9.17) is 4.74 Å². The summed E-state index contributed by atoms with van der Waals surface area (Å²) >= 11 is 5.22. The number of methoxy groups -OCH3 is 1. The maximum Gasteiger partial charge on any atom is 0.150 e. The molecule has 0 aliphatic heterocycles. The van der Waals surface area contributed by atoms with E-state index in [-0.39, 0.29) is 0 Å². The minimum Gasteiger partial charge on any atom is -0.496 e. The van der Waals surface area contributed by atoms with E-state index in [2.05, 4.69) is 49.1 Å². The lowest BCUT2D eigenvalue weighted by atomic mass is 10.2. The van der Waals surface area contributed by atoms with E-state index in [0.717, 1.165) is 22.6 Å². The number of rotatable bonds is 4. The molecule has 0 radical (unpaired) electrons. The van der Waals surface area contributed by atoms with Crippen molar-refractivity contribution in [2.45, 2.75) is 6.54 Å². The quantitative estimate of drug-likeness (QED) is 0.697. The van der Waals surface area contributed by atoms with Crippen molar-refractivity contribution in [2.24, 2.45) is 0 Å². The molecule has 0 amide bonds. The van der Waals surface area contributed by atoms with Crippen LogP contribution in [0.5, 0.6) is 5.75 Å². The second kappa shape index (κ2) is 5.81. The van der Waals surface area contributed by atoms with E-state index in [1.54, 1.807) is 18.4 Å². The number of nitrogens with zero attached hydrogens (tertiary/aromatic N) is 2. The molecule has 0 N–H and O–H groups in total. The highest BCUT2D eigenvalue weighted by atomic mass is 79.9. The second-order valence-electron chi connectivity index (χ2n) is 4.32. The summed E-state index contributed by atoms with van der Waals surface area (Å²) in [5.74, 6) is 1.85. The Kier molecular flexibility index (Phi) is 3.89. The molecule has 0 aliphatic rings. The molecule has 3 nitrogen and oxygen atoms in total. The zero-order valence-electron chi connectivity index (χ0n) is 10.9. The third kappa shape index (κ3) is 2.64. The van der Waals surface area contributed by atoms with Crippen molar-refractivity contribution < 1.29 is 4.74 Å². The highest BCUT2D eigenvalue weighted by Crippen LogP contribution is 2.27. The normalized spacial score (nSPS) is 10.7. The Balaban J connectivity index is 1.89. The lowest BCUT2D eigenvalue weighted by Crippen LogP contribution is -2.00. The molecule has 102 valence electrons. The van der Waals surface area contributed by atoms with Crippen LogP contribution >= 0.6 is 27.3 Å². The first-order valence-corrected chi connectivity index (χ1v) is 7.82. The van der Waals surface area contributed by atoms with Gasteiger partial charge in [0.15, 0.2) is 0 Å². The number of halogens is 1. The molecule has 0 unspecified atom stereocenters. The van der Waals surface area contributed by atoms with Crippen LogP contribution in [0.4, 0.5) is 0 Å². The zero-order chi connectivity index (χ0) is 13.9. The van der Waals surface area contributed by atoms with E-state index in [1.807, 2.05) is 24.5 Å². The molecule has 1 aromatic carbocycles. The van der Waals surface area contributed by atoms with Crippen LogP contribution in [0.25, 0.3) is 10.7 Å². The monoisotopic (exact) mass is 348 g/mol. The molecule has 0 bridgehead atoms. The summed E-state index contributed by atoms with van der Waals surface area (Å²) < 4.78 is 8.37. The van der Waals surface area contributed by atoms with E-state index in [9.17, 15) is 0 Å². The first-order chi connectivity index (χ1) is 9.78. The topological polar surface area (TPSA) is 27.1 Å². The Morgan fingerprint density at radius 2 is 2.25 bits per heavy atom. The number of aromatic nitrogens is 2. The number of benzene rings is 1. The highest BCUT2D eigenvalue weighted by Gasteiger charge is 2.08. The Hall–Kier alpha value is -1.59. The fourth-order valence-corrected chi connectivity index (χ4v) is 3.40. The molecule has 2 aromatic heterocycles. The minimum atomic E-state index is 0.788. The Labute approximate surface area is 130 Å². The summed E-state index contributed by atoms with van der Waals surface area (Å²) in [7, 11) is 1.67. The van der Waals surface area contributed by atoms with Gasteiger partial charge in [-0.25, -0.2) is 4.98 Å². The van der Waals surface area contributed by atoms with Crippen molar-refractivity contribution >= 4 is 27.3 Å². The maximum atomic E-state index is 5.25. The van der Waals surface area contributed by atoms with Crippen LogP contribution in [-0.2, 0) is 6.54 Å². The second-order valence-corrected chi connectivity index (χ2v) is 6.13. The van der Waals surface area contributed by atoms with Gasteiger partial charge in [0.25, 0.3) is 0 Å². The molecule has 0 fully saturated rings. The lowest BCUT2D eigenvalue weighted by molar-refractivity contribution is 0.412. The molecule has 0 saturated carbocycles. The predicted octanol–water partition coefficient (Wildman–Crippen LogP) is 4.43. The van der Waals surface area contributed by atoms with Crippen LogP contribution in [0.3, 0.4) is 0 Å². The fourth-order valence-electron chi connectivity index (χ4n) is 2.07. The summed E-state index contributed by atoms with van der Waals surface area (Å²) in [5, 5.41) is 2.07. The fraction of sp³-hybridized carbons (Fsp3) is 0.133. The van der Waals surface area contributed by atoms with Crippen LogP contribution in [0.1, 0.15) is 5.56 Å². The van der Waals surface area contributed by atoms with Gasteiger partial charge in [0, 0.05) is 18.9 Å². The molecule has 5 heteroatoms. The molecule has 20 heavy (non-hydrogen) atoms. The van der Waals surface area contributed by atoms with Gasteiger partial charge < -0.3 is 9.30 Å². The van der Waals surface area contributed by atoms with E-state index >= 15 is 0 Å². The summed E-state index contributed by atoms with van der Waals surface area (Å²) in [6.07, 6.45) is 3.85. The lowest BCUT2D eigenvalue weighted by Gasteiger charge is -2.09. The van der Waals surface area contributed by atoms with Crippen molar-refractivity contribution in [3.63, 3.8) is 0 Å². The predicted molar refractivity (Wildman–Crippen MR) is 85.3 cm³/mol. The SMILES string of the molecule is COc1ccc(Cn2ccnc2-c2cccs2)cc1Br. The zero-order valence-corrected chi connectivity index (χ0v) is 13.3. The first kappa shape index (κ1) is 13.4. The van der Waals surface area contributed by atoms with Crippen molar-refractivity contribution in [3.05, 3.63) is 58.1 Å². The average Bonchev–Trinajstić information content (AvgIpc) is 3.09. The van der Waals surface area contributed by atoms with Gasteiger partial charge in [-0.15, -0.1) is 11.3 Å². The molecule has 0 spiro atoms. The van der Waals surface area contributed by atoms with Crippen LogP contribution in [0.2, 0.25) is 0 Å². The summed E-state index contributed by atoms with van der Waals surface area (Å²) in [6.45, 7) is 0.788. The van der Waals surface area contributed by atoms with Gasteiger partial charge in [0.1, 0.15) is 11.6 Å². The molecular formula is C15H13BrN2OS. The van der Waals surface area contributed by atoms with Gasteiger partial charge in [-0.2, -0.15) is 0 Å². The van der Waals surface area contributed by atoms with E-state index in [0.29, 0.717) is 0 Å². The van der Waals surface area contributed by atoms with Gasteiger partial charge in [-0.05, 0) is 45.1 Å². The van der Waals surface area contributed by atoms with Gasteiger partial charge in [-0.1, -0.05) is 12.1 Å². The molecule has 0 atom stereocenters. The Morgan fingerprint density at radius 1 is 1.35 bits per heavy atom. The van der Waals surface area contributed by atoms with Crippen LogP contribution in [0.15, 0.2) is 52.6 Å². The minimum absolute atomic E-state index is 0.788. The molecule has 3 rings (SSSR count). The van der Waals surface area contributed by atoms with Gasteiger partial charge >= 0.3 is 0 Å². The number of ether oxygens (including phenoxy) is 1. The first-order valence-electron chi connectivity index (χ1n) is 6.15. The molecule has 2 heterocycles. The summed E-state index contributed by atoms with van der Waals surface area (Å²) in [4.78, 5) is 5.63. The smallest absolute Gasteiger partial charge is 0.150 e. The number of hydrogen-bond acceptors (Lipinski definition) is 3. The third-order valence-corrected chi connectivity index (χ3v) is 4.51. The van der Waals surface area contributed by atoms with Crippen molar-refractivity contribution in [1.82, 2.24) is 9.55 Å². The Bertz CT molecular complexity index is 706. The molecular weight excluding hydrogens is 336 g/mol. The molecule has 0 aliphatic carbocycles. The van der Waals surface area contributed by atoms with Crippen molar-refractivity contribution in [3.8, 4) is 16.5 Å². The van der Waals surface area contributed by atoms with E-state index < -0.39 is 0 Å². The van der Waals surface area contributed by atoms with Gasteiger partial charge in [0.2, 0.25) is 0 Å². The molecule has 3 aromatic rings. The number of hydrogen-bond donors (Lipinski definition) is 0. The van der Waals surface area contributed by atoms with E-state index in [1.165, 1.54) is 10.4 Å². The van der Waals surface area contributed by atoms with Gasteiger partial charge in [-0.3, -0.25) is 0 Å². The largest absolute Gasteiger partial charge is 0.496 e. The van der Waals surface area contributed by atoms with Crippen molar-refractivity contribution in [1.29, 1.82) is 0 Å². The summed E-state index contributed by atoms with van der Waals surface area (Å²) in [6, 6.07) is 10.3. The molecule has 0 saturated heterocycles. The third-order valence-electron chi connectivity index (χ3n) is 3.03. The van der Waals surface area contributed by atoms with Crippen molar-refractivity contribution in [2.75, 3.05) is 7.11 Å². The Morgan fingerprint density at radius 3 is 2.95 bits per heavy atom. The standard InChI is InChI=1S/C15H13BrN2OS/c1-19-13-5-4-11(9-12(13)16)10-18-7-6-17-15(18)14-3-2-8-20-14/h2-9H,10H2,1H3. The highest BCUT2D eigenvalue weighted by molar-refractivity contribution is 9.10. The van der Waals surface area contributed by atoms with Crippen LogP contribution in [0, 0.1) is 0 Å². The number of thiophene rings is 1. The van der Waals surface area contributed by atoms with Crippen LogP contribution < -0.4 is 4.74 Å². The van der Waals surface area contributed by atoms with Crippen LogP contribution in [-0.4, -0.2) is 16.7 Å².